The van der Waals surface area contributed by atoms with Crippen molar-refractivity contribution < 1.29 is 4.74 Å². The second-order valence-corrected chi connectivity index (χ2v) is 7.18. The number of benzene rings is 2. The zero-order chi connectivity index (χ0) is 17.3. The first-order chi connectivity index (χ1) is 12.2. The van der Waals surface area contributed by atoms with Crippen LogP contribution in [0.5, 0.6) is 0 Å². The normalized spacial score (nSPS) is 13.8. The van der Waals surface area contributed by atoms with Crippen molar-refractivity contribution in [2.75, 3.05) is 7.11 Å². The highest BCUT2D eigenvalue weighted by atomic mass is 35.5. The van der Waals surface area contributed by atoms with Crippen molar-refractivity contribution in [3.8, 4) is 0 Å². The van der Waals surface area contributed by atoms with Crippen LogP contribution < -0.4 is 0 Å². The Kier molecular flexibility index (Phi) is 4.34. The van der Waals surface area contributed by atoms with Crippen LogP contribution in [0.2, 0.25) is 5.02 Å². The number of hydrogen-bond donors (Lipinski definition) is 1. The lowest BCUT2D eigenvalue weighted by Crippen LogP contribution is -2.34. The Balaban J connectivity index is 1.95. The number of fused-ring (bicyclic) bond motifs is 1. The molecule has 0 aliphatic rings. The number of nitrogens with one attached hydrogen (secondary N) is 1. The second-order valence-electron chi connectivity index (χ2n) is 5.90. The van der Waals surface area contributed by atoms with Crippen LogP contribution in [-0.2, 0) is 16.8 Å². The first-order valence-electron chi connectivity index (χ1n) is 8.00. The number of H-pyrrole nitrogens is 1. The van der Waals surface area contributed by atoms with Crippen LogP contribution in [-0.4, -0.2) is 17.1 Å². The van der Waals surface area contributed by atoms with Gasteiger partial charge < -0.3 is 9.72 Å². The topological polar surface area (TPSA) is 37.9 Å². The molecule has 2 aromatic heterocycles. The van der Waals surface area contributed by atoms with Gasteiger partial charge in [0.2, 0.25) is 0 Å². The summed E-state index contributed by atoms with van der Waals surface area (Å²) < 4.78 is 7.22. The lowest BCUT2D eigenvalue weighted by Gasteiger charge is -2.31. The molecule has 1 atom stereocenters. The highest BCUT2D eigenvalue weighted by molar-refractivity contribution is 7.18. The predicted molar refractivity (Wildman–Crippen MR) is 103 cm³/mol. The van der Waals surface area contributed by atoms with E-state index in [4.69, 9.17) is 16.3 Å². The molecule has 4 rings (SSSR count). The van der Waals surface area contributed by atoms with Crippen LogP contribution in [0.4, 0.5) is 0 Å². The van der Waals surface area contributed by atoms with E-state index in [1.807, 2.05) is 36.5 Å². The SMILES string of the molecule is COC(Cc1ccccc1)(c1ncc[nH]1)c1csc2c(Cl)cccc12. The number of nitrogens with zero attached hydrogens (tertiary/aromatic N) is 1. The molecule has 0 radical (unpaired) electrons. The fraction of sp³-hybridized carbons (Fsp3) is 0.150. The smallest absolute Gasteiger partial charge is 0.155 e. The maximum absolute atomic E-state index is 6.39. The van der Waals surface area contributed by atoms with Gasteiger partial charge in [-0.05, 0) is 17.0 Å². The molecule has 4 aromatic rings. The first kappa shape index (κ1) is 16.3. The summed E-state index contributed by atoms with van der Waals surface area (Å²) in [4.78, 5) is 7.78. The van der Waals surface area contributed by atoms with Crippen LogP contribution >= 0.6 is 22.9 Å². The minimum Gasteiger partial charge on any atom is -0.365 e. The highest BCUT2D eigenvalue weighted by Gasteiger charge is 2.39. The van der Waals surface area contributed by atoms with E-state index in [1.165, 1.54) is 5.56 Å². The Morgan fingerprint density at radius 1 is 1.16 bits per heavy atom. The van der Waals surface area contributed by atoms with Gasteiger partial charge in [0, 0.05) is 36.9 Å². The minimum atomic E-state index is -0.701. The monoisotopic (exact) mass is 368 g/mol. The maximum Gasteiger partial charge on any atom is 0.155 e. The zero-order valence-corrected chi connectivity index (χ0v) is 15.3. The summed E-state index contributed by atoms with van der Waals surface area (Å²) in [6, 6.07) is 16.3. The van der Waals surface area contributed by atoms with Gasteiger partial charge in [0.25, 0.3) is 0 Å². The van der Waals surface area contributed by atoms with Crippen LogP contribution in [0.1, 0.15) is 17.0 Å². The van der Waals surface area contributed by atoms with Gasteiger partial charge in [-0.2, -0.15) is 0 Å². The summed E-state index contributed by atoms with van der Waals surface area (Å²) in [5.74, 6) is 0.790. The molecule has 1 unspecified atom stereocenters. The number of halogens is 1. The standard InChI is InChI=1S/C20H17ClN2OS/c1-24-20(19-22-10-11-23-19,12-14-6-3-2-4-7-14)16-13-25-18-15(16)8-5-9-17(18)21/h2-11,13H,12H2,1H3,(H,22,23). The van der Waals surface area contributed by atoms with Crippen molar-refractivity contribution >= 4 is 33.0 Å². The summed E-state index contributed by atoms with van der Waals surface area (Å²) in [5.41, 5.74) is 1.56. The van der Waals surface area contributed by atoms with Gasteiger partial charge in [-0.25, -0.2) is 4.98 Å². The highest BCUT2D eigenvalue weighted by Crippen LogP contribution is 2.43. The summed E-state index contributed by atoms with van der Waals surface area (Å²) in [5, 5.41) is 4.00. The van der Waals surface area contributed by atoms with Crippen molar-refractivity contribution in [2.45, 2.75) is 12.0 Å². The molecule has 126 valence electrons. The van der Waals surface area contributed by atoms with Gasteiger partial charge in [-0.15, -0.1) is 11.3 Å². The molecule has 0 aliphatic heterocycles. The Morgan fingerprint density at radius 3 is 2.72 bits per heavy atom. The fourth-order valence-electron chi connectivity index (χ4n) is 3.29. The zero-order valence-electron chi connectivity index (χ0n) is 13.7. The third-order valence-corrected chi connectivity index (χ3v) is 5.97. The number of thiophene rings is 1. The molecule has 3 nitrogen and oxygen atoms in total. The summed E-state index contributed by atoms with van der Waals surface area (Å²) in [6.45, 7) is 0. The van der Waals surface area contributed by atoms with Gasteiger partial charge in [-0.1, -0.05) is 54.1 Å². The molecule has 2 heterocycles. The maximum atomic E-state index is 6.39. The second kappa shape index (κ2) is 6.64. The van der Waals surface area contributed by atoms with Crippen LogP contribution in [0.15, 0.2) is 66.3 Å². The molecular weight excluding hydrogens is 352 g/mol. The summed E-state index contributed by atoms with van der Waals surface area (Å²) in [6.07, 6.45) is 4.27. The van der Waals surface area contributed by atoms with E-state index in [1.54, 1.807) is 24.6 Å². The van der Waals surface area contributed by atoms with E-state index in [2.05, 4.69) is 33.5 Å². The molecular formula is C20H17ClN2OS. The van der Waals surface area contributed by atoms with Crippen molar-refractivity contribution in [1.82, 2.24) is 9.97 Å². The first-order valence-corrected chi connectivity index (χ1v) is 9.25. The largest absolute Gasteiger partial charge is 0.365 e. The average Bonchev–Trinajstić information content (AvgIpc) is 3.32. The third kappa shape index (κ3) is 2.76. The molecule has 0 saturated heterocycles. The van der Waals surface area contributed by atoms with Crippen molar-refractivity contribution in [1.29, 1.82) is 0 Å². The number of aromatic nitrogens is 2. The van der Waals surface area contributed by atoms with E-state index in [0.717, 1.165) is 26.5 Å². The van der Waals surface area contributed by atoms with Crippen LogP contribution in [0.25, 0.3) is 10.1 Å². The van der Waals surface area contributed by atoms with Crippen LogP contribution in [0, 0.1) is 0 Å². The molecule has 2 aromatic carbocycles. The molecule has 1 N–H and O–H groups in total. The van der Waals surface area contributed by atoms with E-state index < -0.39 is 5.60 Å². The van der Waals surface area contributed by atoms with Crippen molar-refractivity contribution in [2.24, 2.45) is 0 Å². The van der Waals surface area contributed by atoms with Gasteiger partial charge in [0.15, 0.2) is 5.60 Å². The molecule has 5 heteroatoms. The molecule has 0 fully saturated rings. The molecule has 0 spiro atoms. The molecule has 25 heavy (non-hydrogen) atoms. The number of aromatic amines is 1. The lowest BCUT2D eigenvalue weighted by molar-refractivity contribution is 0.0168. The third-order valence-electron chi connectivity index (χ3n) is 4.51. The summed E-state index contributed by atoms with van der Waals surface area (Å²) >= 11 is 8.03. The molecule has 0 amide bonds. The van der Waals surface area contributed by atoms with E-state index in [9.17, 15) is 0 Å². The molecule has 0 saturated carbocycles. The summed E-state index contributed by atoms with van der Waals surface area (Å²) in [7, 11) is 1.74. The Morgan fingerprint density at radius 2 is 2.00 bits per heavy atom. The van der Waals surface area contributed by atoms with E-state index in [-0.39, 0.29) is 0 Å². The van der Waals surface area contributed by atoms with Gasteiger partial charge in [0.1, 0.15) is 5.82 Å². The fourth-order valence-corrected chi connectivity index (χ4v) is 4.64. The molecule has 0 bridgehead atoms. The number of ether oxygens (including phenoxy) is 1. The number of methoxy groups -OCH3 is 1. The quantitative estimate of drug-likeness (QED) is 0.511. The average molecular weight is 369 g/mol. The van der Waals surface area contributed by atoms with Crippen molar-refractivity contribution in [3.63, 3.8) is 0 Å². The van der Waals surface area contributed by atoms with Crippen LogP contribution in [0.3, 0.4) is 0 Å². The van der Waals surface area contributed by atoms with Gasteiger partial charge in [-0.3, -0.25) is 0 Å². The number of hydrogen-bond acceptors (Lipinski definition) is 3. The number of imidazole rings is 1. The predicted octanol–water partition coefficient (Wildman–Crippen LogP) is 5.41. The lowest BCUT2D eigenvalue weighted by atomic mass is 9.86. The van der Waals surface area contributed by atoms with Gasteiger partial charge in [0.05, 0.1) is 9.72 Å². The van der Waals surface area contributed by atoms with E-state index >= 15 is 0 Å². The number of rotatable bonds is 5. The van der Waals surface area contributed by atoms with E-state index in [0.29, 0.717) is 6.42 Å². The van der Waals surface area contributed by atoms with Gasteiger partial charge >= 0.3 is 0 Å². The Hall–Kier alpha value is -2.14. The van der Waals surface area contributed by atoms with Crippen molar-refractivity contribution in [3.05, 3.63) is 88.3 Å². The Bertz CT molecular complexity index is 982. The minimum absolute atomic E-state index is 0.677. The Labute approximate surface area is 155 Å². The molecule has 0 aliphatic carbocycles.